The summed E-state index contributed by atoms with van der Waals surface area (Å²) in [7, 11) is 0. The summed E-state index contributed by atoms with van der Waals surface area (Å²) in [5, 5.41) is 11.0. The maximum absolute atomic E-state index is 11.4. The van der Waals surface area contributed by atoms with Crippen LogP contribution in [0.3, 0.4) is 0 Å². The van der Waals surface area contributed by atoms with E-state index in [4.69, 9.17) is 11.5 Å². The molecule has 2 rings (SSSR count). The number of nitro groups is 1. The Morgan fingerprint density at radius 1 is 1.53 bits per heavy atom. The lowest BCUT2D eigenvalue weighted by Gasteiger charge is -2.33. The highest BCUT2D eigenvalue weighted by Gasteiger charge is 2.33. The van der Waals surface area contributed by atoms with Crippen molar-refractivity contribution < 1.29 is 9.72 Å². The van der Waals surface area contributed by atoms with E-state index in [1.165, 1.54) is 0 Å². The molecule has 4 N–H and O–H groups in total. The zero-order valence-electron chi connectivity index (χ0n) is 10.2. The zero-order valence-corrected chi connectivity index (χ0v) is 10.2. The SMILES string of the molecule is NC(=O)C1CCCCN1c1nc(N)ncc1[N+](=O)[O-]. The zero-order chi connectivity index (χ0) is 14.0. The Bertz CT molecular complexity index is 520. The highest BCUT2D eigenvalue weighted by Crippen LogP contribution is 2.30. The summed E-state index contributed by atoms with van der Waals surface area (Å²) >= 11 is 0. The van der Waals surface area contributed by atoms with E-state index in [1.54, 1.807) is 4.90 Å². The van der Waals surface area contributed by atoms with Gasteiger partial charge < -0.3 is 16.4 Å². The first-order valence-electron chi connectivity index (χ1n) is 5.83. The van der Waals surface area contributed by atoms with E-state index in [2.05, 4.69) is 9.97 Å². The van der Waals surface area contributed by atoms with Gasteiger partial charge in [0.2, 0.25) is 17.7 Å². The molecule has 0 aromatic carbocycles. The molecule has 9 heteroatoms. The molecule has 0 radical (unpaired) electrons. The Balaban J connectivity index is 2.46. The molecule has 1 aliphatic heterocycles. The van der Waals surface area contributed by atoms with Gasteiger partial charge >= 0.3 is 5.69 Å². The molecular weight excluding hydrogens is 252 g/mol. The largest absolute Gasteiger partial charge is 0.368 e. The van der Waals surface area contributed by atoms with Crippen LogP contribution in [-0.2, 0) is 4.79 Å². The maximum Gasteiger partial charge on any atom is 0.329 e. The summed E-state index contributed by atoms with van der Waals surface area (Å²) in [5.74, 6) is -0.540. The van der Waals surface area contributed by atoms with Gasteiger partial charge in [0.25, 0.3) is 0 Å². The normalized spacial score (nSPS) is 19.2. The summed E-state index contributed by atoms with van der Waals surface area (Å²) in [5.41, 5.74) is 10.5. The smallest absolute Gasteiger partial charge is 0.329 e. The van der Waals surface area contributed by atoms with Gasteiger partial charge in [-0.1, -0.05) is 0 Å². The second-order valence-electron chi connectivity index (χ2n) is 4.30. The van der Waals surface area contributed by atoms with E-state index in [0.29, 0.717) is 13.0 Å². The summed E-state index contributed by atoms with van der Waals surface area (Å²) in [6, 6.07) is -0.596. The van der Waals surface area contributed by atoms with Crippen LogP contribution in [0.2, 0.25) is 0 Å². The fourth-order valence-corrected chi connectivity index (χ4v) is 2.20. The maximum atomic E-state index is 11.4. The molecule has 0 saturated carbocycles. The summed E-state index contributed by atoms with van der Waals surface area (Å²) in [4.78, 5) is 30.9. The molecule has 1 unspecified atom stereocenters. The molecule has 1 saturated heterocycles. The van der Waals surface area contributed by atoms with Crippen molar-refractivity contribution in [2.45, 2.75) is 25.3 Å². The van der Waals surface area contributed by atoms with Crippen molar-refractivity contribution in [2.24, 2.45) is 5.73 Å². The predicted octanol–water partition coefficient (Wildman–Crippen LogP) is -0.189. The van der Waals surface area contributed by atoms with Crippen LogP contribution >= 0.6 is 0 Å². The number of nitrogen functional groups attached to an aromatic ring is 1. The number of anilines is 2. The van der Waals surface area contributed by atoms with Gasteiger partial charge in [-0.3, -0.25) is 14.9 Å². The Kier molecular flexibility index (Phi) is 3.45. The Morgan fingerprint density at radius 3 is 2.89 bits per heavy atom. The van der Waals surface area contributed by atoms with E-state index in [-0.39, 0.29) is 17.5 Å². The minimum absolute atomic E-state index is 0.0565. The quantitative estimate of drug-likeness (QED) is 0.570. The topological polar surface area (TPSA) is 141 Å². The van der Waals surface area contributed by atoms with E-state index >= 15 is 0 Å². The first-order valence-corrected chi connectivity index (χ1v) is 5.83. The number of carbonyl (C=O) groups excluding carboxylic acids is 1. The van der Waals surface area contributed by atoms with Crippen LogP contribution in [0.1, 0.15) is 19.3 Å². The molecule has 1 atom stereocenters. The number of piperidine rings is 1. The molecule has 1 aromatic rings. The molecule has 1 aliphatic rings. The Hall–Kier alpha value is -2.45. The van der Waals surface area contributed by atoms with Crippen molar-refractivity contribution in [3.8, 4) is 0 Å². The summed E-state index contributed by atoms with van der Waals surface area (Å²) in [6.07, 6.45) is 3.25. The lowest BCUT2D eigenvalue weighted by Crippen LogP contribution is -2.48. The number of carbonyl (C=O) groups is 1. The lowest BCUT2D eigenvalue weighted by molar-refractivity contribution is -0.384. The van der Waals surface area contributed by atoms with E-state index in [9.17, 15) is 14.9 Å². The molecule has 19 heavy (non-hydrogen) atoms. The second kappa shape index (κ2) is 5.04. The van der Waals surface area contributed by atoms with Gasteiger partial charge in [0.15, 0.2) is 0 Å². The van der Waals surface area contributed by atoms with Crippen LogP contribution in [0.4, 0.5) is 17.5 Å². The average Bonchev–Trinajstić information content (AvgIpc) is 2.38. The highest BCUT2D eigenvalue weighted by molar-refractivity contribution is 5.84. The van der Waals surface area contributed by atoms with Gasteiger partial charge in [0, 0.05) is 6.54 Å². The summed E-state index contributed by atoms with van der Waals surface area (Å²) < 4.78 is 0. The third-order valence-electron chi connectivity index (χ3n) is 3.07. The van der Waals surface area contributed by atoms with Crippen molar-refractivity contribution in [1.82, 2.24) is 9.97 Å². The van der Waals surface area contributed by atoms with E-state index < -0.39 is 16.9 Å². The van der Waals surface area contributed by atoms with E-state index in [1.807, 2.05) is 0 Å². The number of hydrogen-bond donors (Lipinski definition) is 2. The molecule has 1 amide bonds. The molecule has 102 valence electrons. The van der Waals surface area contributed by atoms with Gasteiger partial charge in [-0.25, -0.2) is 4.98 Å². The first kappa shape index (κ1) is 13.0. The molecular formula is C10H14N6O3. The van der Waals surface area contributed by atoms with Crippen LogP contribution < -0.4 is 16.4 Å². The monoisotopic (exact) mass is 266 g/mol. The Morgan fingerprint density at radius 2 is 2.26 bits per heavy atom. The number of hydrogen-bond acceptors (Lipinski definition) is 7. The van der Waals surface area contributed by atoms with Gasteiger partial charge in [-0.2, -0.15) is 4.98 Å². The van der Waals surface area contributed by atoms with E-state index in [0.717, 1.165) is 19.0 Å². The molecule has 1 aromatic heterocycles. The van der Waals surface area contributed by atoms with Crippen molar-refractivity contribution >= 4 is 23.4 Å². The van der Waals surface area contributed by atoms with Crippen LogP contribution in [0.5, 0.6) is 0 Å². The van der Waals surface area contributed by atoms with Crippen LogP contribution in [0, 0.1) is 10.1 Å². The standard InChI is InChI=1S/C10H14N6O3/c11-8(17)6-3-1-2-4-15(6)9-7(16(18)19)5-13-10(12)14-9/h5-6H,1-4H2,(H2,11,17)(H2,12,13,14). The predicted molar refractivity (Wildman–Crippen MR) is 67.3 cm³/mol. The van der Waals surface area contributed by atoms with Gasteiger partial charge in [0.05, 0.1) is 4.92 Å². The first-order chi connectivity index (χ1) is 9.00. The van der Waals surface area contributed by atoms with Gasteiger partial charge in [0.1, 0.15) is 12.2 Å². The summed E-state index contributed by atoms with van der Waals surface area (Å²) in [6.45, 7) is 0.477. The number of nitrogens with two attached hydrogens (primary N) is 2. The minimum Gasteiger partial charge on any atom is -0.368 e. The van der Waals surface area contributed by atoms with Crippen LogP contribution in [-0.4, -0.2) is 33.4 Å². The number of nitrogens with zero attached hydrogens (tertiary/aromatic N) is 4. The average molecular weight is 266 g/mol. The van der Waals surface area contributed by atoms with Crippen LogP contribution in [0.25, 0.3) is 0 Å². The molecule has 2 heterocycles. The molecule has 0 spiro atoms. The van der Waals surface area contributed by atoms with Gasteiger partial charge in [-0.05, 0) is 19.3 Å². The molecule has 1 fully saturated rings. The highest BCUT2D eigenvalue weighted by atomic mass is 16.6. The fourth-order valence-electron chi connectivity index (χ4n) is 2.20. The van der Waals surface area contributed by atoms with Crippen molar-refractivity contribution in [3.05, 3.63) is 16.3 Å². The van der Waals surface area contributed by atoms with Gasteiger partial charge in [-0.15, -0.1) is 0 Å². The molecule has 0 aliphatic carbocycles. The number of primary amides is 1. The molecule has 0 bridgehead atoms. The van der Waals surface area contributed by atoms with Crippen molar-refractivity contribution in [3.63, 3.8) is 0 Å². The number of amides is 1. The van der Waals surface area contributed by atoms with Crippen LogP contribution in [0.15, 0.2) is 6.20 Å². The fraction of sp³-hybridized carbons (Fsp3) is 0.500. The third-order valence-corrected chi connectivity index (χ3v) is 3.07. The lowest BCUT2D eigenvalue weighted by atomic mass is 10.0. The van der Waals surface area contributed by atoms with Crippen molar-refractivity contribution in [1.29, 1.82) is 0 Å². The number of rotatable bonds is 3. The Labute approximate surface area is 108 Å². The second-order valence-corrected chi connectivity index (χ2v) is 4.30. The van der Waals surface area contributed by atoms with Crippen molar-refractivity contribution in [2.75, 3.05) is 17.2 Å². The number of aromatic nitrogens is 2. The minimum atomic E-state index is -0.596. The molecule has 9 nitrogen and oxygen atoms in total. The third kappa shape index (κ3) is 2.54.